The second kappa shape index (κ2) is 8.98. The lowest BCUT2D eigenvalue weighted by molar-refractivity contribution is -0.169. The van der Waals surface area contributed by atoms with E-state index in [4.69, 9.17) is 0 Å². The minimum absolute atomic E-state index is 0.0226. The van der Waals surface area contributed by atoms with E-state index in [0.717, 1.165) is 58.1 Å². The lowest BCUT2D eigenvalue weighted by Crippen LogP contribution is -2.38. The number of alkyl halides is 3. The molecule has 3 nitrogen and oxygen atoms in total. The first kappa shape index (κ1) is 22.6. The molecule has 2 aromatic rings. The molecule has 0 aliphatic carbocycles. The van der Waals surface area contributed by atoms with Gasteiger partial charge in [-0.05, 0) is 66.4 Å². The third-order valence-electron chi connectivity index (χ3n) is 5.10. The van der Waals surface area contributed by atoms with Crippen LogP contribution in [0.1, 0.15) is 36.6 Å². The number of halogens is 4. The highest BCUT2D eigenvalue weighted by Crippen LogP contribution is 2.42. The van der Waals surface area contributed by atoms with Gasteiger partial charge < -0.3 is 4.90 Å². The molecule has 2 aromatic carbocycles. The predicted molar refractivity (Wildman–Crippen MR) is 109 cm³/mol. The zero-order valence-corrected chi connectivity index (χ0v) is 17.9. The SMILES string of the molecule is CC(C)C(=O)N1CCc2ccc(SN(C)[C@H](c3ccc(F)cc3)C(F)(F)F)cc2C1. The predicted octanol–water partition coefficient (Wildman–Crippen LogP) is 5.61. The highest BCUT2D eigenvalue weighted by molar-refractivity contribution is 7.97. The molecule has 0 fully saturated rings. The van der Waals surface area contributed by atoms with E-state index in [1.807, 2.05) is 26.0 Å². The summed E-state index contributed by atoms with van der Waals surface area (Å²) in [6.07, 6.45) is -3.79. The summed E-state index contributed by atoms with van der Waals surface area (Å²) >= 11 is 0.982. The summed E-state index contributed by atoms with van der Waals surface area (Å²) in [6, 6.07) is 8.09. The van der Waals surface area contributed by atoms with E-state index < -0.39 is 18.0 Å². The van der Waals surface area contributed by atoms with E-state index in [1.54, 1.807) is 11.0 Å². The monoisotopic (exact) mass is 440 g/mol. The summed E-state index contributed by atoms with van der Waals surface area (Å²) in [4.78, 5) is 14.8. The largest absolute Gasteiger partial charge is 0.408 e. The summed E-state index contributed by atoms with van der Waals surface area (Å²) in [6.45, 7) is 4.82. The molecule has 0 saturated heterocycles. The number of fused-ring (bicyclic) bond motifs is 1. The molecule has 0 unspecified atom stereocenters. The number of carbonyl (C=O) groups excluding carboxylic acids is 1. The third kappa shape index (κ3) is 5.16. The van der Waals surface area contributed by atoms with Crippen molar-refractivity contribution in [1.82, 2.24) is 9.21 Å². The molecule has 0 aromatic heterocycles. The van der Waals surface area contributed by atoms with E-state index in [1.165, 1.54) is 7.05 Å². The van der Waals surface area contributed by atoms with Gasteiger partial charge in [0.05, 0.1) is 0 Å². The Kier molecular flexibility index (Phi) is 6.77. The van der Waals surface area contributed by atoms with Crippen LogP contribution in [0.2, 0.25) is 0 Å². The summed E-state index contributed by atoms with van der Waals surface area (Å²) < 4.78 is 55.6. The Bertz CT molecular complexity index is 899. The van der Waals surface area contributed by atoms with Crippen LogP contribution < -0.4 is 0 Å². The molecule has 0 spiro atoms. The van der Waals surface area contributed by atoms with Crippen LogP contribution in [0.15, 0.2) is 47.4 Å². The molecule has 1 amide bonds. The van der Waals surface area contributed by atoms with Crippen LogP contribution >= 0.6 is 11.9 Å². The van der Waals surface area contributed by atoms with Gasteiger partial charge in [0, 0.05) is 23.9 Å². The molecule has 8 heteroatoms. The van der Waals surface area contributed by atoms with Gasteiger partial charge in [0.15, 0.2) is 0 Å². The van der Waals surface area contributed by atoms with Crippen molar-refractivity contribution in [2.75, 3.05) is 13.6 Å². The van der Waals surface area contributed by atoms with Crippen LogP contribution in [0.4, 0.5) is 17.6 Å². The maximum atomic E-state index is 13.8. The molecule has 0 radical (unpaired) electrons. The first-order valence-electron chi connectivity index (χ1n) is 9.70. The number of rotatable bonds is 5. The van der Waals surface area contributed by atoms with Gasteiger partial charge in [-0.2, -0.15) is 13.2 Å². The van der Waals surface area contributed by atoms with Crippen LogP contribution in [0.25, 0.3) is 0 Å². The highest BCUT2D eigenvalue weighted by Gasteiger charge is 2.44. The maximum Gasteiger partial charge on any atom is 0.408 e. The van der Waals surface area contributed by atoms with Gasteiger partial charge in [-0.15, -0.1) is 0 Å². The highest BCUT2D eigenvalue weighted by atomic mass is 32.2. The zero-order chi connectivity index (χ0) is 22.1. The quantitative estimate of drug-likeness (QED) is 0.446. The fourth-order valence-corrected chi connectivity index (χ4v) is 4.62. The van der Waals surface area contributed by atoms with Crippen LogP contribution in [-0.4, -0.2) is 34.9 Å². The number of carbonyl (C=O) groups is 1. The molecule has 1 aliphatic heterocycles. The average molecular weight is 441 g/mol. The van der Waals surface area contributed by atoms with Gasteiger partial charge in [0.1, 0.15) is 11.9 Å². The van der Waals surface area contributed by atoms with Crippen LogP contribution in [0.3, 0.4) is 0 Å². The smallest absolute Gasteiger partial charge is 0.338 e. The fourth-order valence-electron chi connectivity index (χ4n) is 3.61. The second-order valence-electron chi connectivity index (χ2n) is 7.73. The Hall–Kier alpha value is -2.06. The van der Waals surface area contributed by atoms with Crippen LogP contribution in [0, 0.1) is 11.7 Å². The summed E-state index contributed by atoms with van der Waals surface area (Å²) in [5.41, 5.74) is 2.05. The molecule has 0 saturated carbocycles. The third-order valence-corrected chi connectivity index (χ3v) is 6.07. The summed E-state index contributed by atoms with van der Waals surface area (Å²) in [7, 11) is 1.38. The van der Waals surface area contributed by atoms with Gasteiger partial charge in [0.25, 0.3) is 0 Å². The molecule has 1 heterocycles. The van der Waals surface area contributed by atoms with Gasteiger partial charge in [-0.25, -0.2) is 8.70 Å². The molecule has 0 bridgehead atoms. The first-order chi connectivity index (χ1) is 14.1. The van der Waals surface area contributed by atoms with Crippen molar-refractivity contribution in [3.05, 3.63) is 65.0 Å². The van der Waals surface area contributed by atoms with E-state index in [2.05, 4.69) is 0 Å². The first-order valence-corrected chi connectivity index (χ1v) is 10.5. The summed E-state index contributed by atoms with van der Waals surface area (Å²) in [5, 5.41) is 0. The minimum atomic E-state index is -4.52. The number of nitrogens with zero attached hydrogens (tertiary/aromatic N) is 2. The molecular formula is C22H24F4N2OS. The lowest BCUT2D eigenvalue weighted by atomic mass is 9.99. The van der Waals surface area contributed by atoms with Crippen LogP contribution in [-0.2, 0) is 17.8 Å². The number of hydrogen-bond acceptors (Lipinski definition) is 3. The number of amides is 1. The van der Waals surface area contributed by atoms with Crippen molar-refractivity contribution in [2.45, 2.75) is 43.9 Å². The van der Waals surface area contributed by atoms with Crippen molar-refractivity contribution >= 4 is 17.9 Å². The van der Waals surface area contributed by atoms with Crippen LogP contribution in [0.5, 0.6) is 0 Å². The van der Waals surface area contributed by atoms with E-state index in [9.17, 15) is 22.4 Å². The standard InChI is InChI=1S/C22H24F4N2OS/c1-14(2)21(29)28-11-10-15-6-9-19(12-17(15)13-28)30-27(3)20(22(24,25)26)16-4-7-18(23)8-5-16/h4-9,12,14,20H,10-11,13H2,1-3H3/t20-/m1/s1. The average Bonchev–Trinajstić information content (AvgIpc) is 2.67. The van der Waals surface area contributed by atoms with Gasteiger partial charge >= 0.3 is 6.18 Å². The fraction of sp³-hybridized carbons (Fsp3) is 0.409. The van der Waals surface area contributed by atoms with Crippen molar-refractivity contribution in [3.8, 4) is 0 Å². The molecule has 1 atom stereocenters. The van der Waals surface area contributed by atoms with Crippen molar-refractivity contribution in [2.24, 2.45) is 5.92 Å². The molecule has 162 valence electrons. The minimum Gasteiger partial charge on any atom is -0.338 e. The molecule has 1 aliphatic rings. The van der Waals surface area contributed by atoms with Gasteiger partial charge in [-0.3, -0.25) is 4.79 Å². The molecule has 0 N–H and O–H groups in total. The van der Waals surface area contributed by atoms with E-state index >= 15 is 0 Å². The molecule has 3 rings (SSSR count). The maximum absolute atomic E-state index is 13.8. The lowest BCUT2D eigenvalue weighted by Gasteiger charge is -2.31. The molecule has 30 heavy (non-hydrogen) atoms. The van der Waals surface area contributed by atoms with E-state index in [-0.39, 0.29) is 17.4 Å². The second-order valence-corrected chi connectivity index (χ2v) is 8.96. The van der Waals surface area contributed by atoms with Gasteiger partial charge in [0.2, 0.25) is 5.91 Å². The number of hydrogen-bond donors (Lipinski definition) is 0. The Morgan fingerprint density at radius 1 is 1.10 bits per heavy atom. The Morgan fingerprint density at radius 3 is 2.37 bits per heavy atom. The van der Waals surface area contributed by atoms with E-state index in [0.29, 0.717) is 18.0 Å². The Balaban J connectivity index is 1.80. The molecular weight excluding hydrogens is 416 g/mol. The number of benzene rings is 2. The Labute approximate surface area is 178 Å². The normalized spacial score (nSPS) is 15.4. The topological polar surface area (TPSA) is 23.6 Å². The van der Waals surface area contributed by atoms with Gasteiger partial charge in [-0.1, -0.05) is 32.0 Å². The zero-order valence-electron chi connectivity index (χ0n) is 17.0. The Morgan fingerprint density at radius 2 is 1.77 bits per heavy atom. The van der Waals surface area contributed by atoms with Crippen molar-refractivity contribution in [1.29, 1.82) is 0 Å². The van der Waals surface area contributed by atoms with Crippen molar-refractivity contribution < 1.29 is 22.4 Å². The summed E-state index contributed by atoms with van der Waals surface area (Å²) in [5.74, 6) is -0.604. The van der Waals surface area contributed by atoms with Crippen molar-refractivity contribution in [3.63, 3.8) is 0 Å².